The minimum atomic E-state index is -0.440. The second kappa shape index (κ2) is 9.28. The average Bonchev–Trinajstić information content (AvgIpc) is 3.01. The summed E-state index contributed by atoms with van der Waals surface area (Å²) in [7, 11) is 1.56. The molecule has 3 rings (SSSR count). The van der Waals surface area contributed by atoms with Crippen LogP contribution in [-0.2, 0) is 6.42 Å². The van der Waals surface area contributed by atoms with E-state index in [1.54, 1.807) is 7.11 Å². The highest BCUT2D eigenvalue weighted by Gasteiger charge is 2.23. The zero-order valence-electron chi connectivity index (χ0n) is 15.7. The van der Waals surface area contributed by atoms with Crippen LogP contribution >= 0.6 is 12.4 Å². The summed E-state index contributed by atoms with van der Waals surface area (Å²) in [5.74, 6) is 0.680. The second-order valence-corrected chi connectivity index (χ2v) is 7.08. The molecule has 26 heavy (non-hydrogen) atoms. The van der Waals surface area contributed by atoms with E-state index in [0.29, 0.717) is 17.4 Å². The molecular formula is C20H30ClN3O2. The fraction of sp³-hybridized carbons (Fsp3) is 0.550. The van der Waals surface area contributed by atoms with Crippen molar-refractivity contribution in [1.82, 2.24) is 9.88 Å². The van der Waals surface area contributed by atoms with E-state index in [0.717, 1.165) is 17.3 Å². The number of aromatic nitrogens is 1. The third kappa shape index (κ3) is 4.33. The van der Waals surface area contributed by atoms with Crippen LogP contribution in [0.1, 0.15) is 48.5 Å². The maximum absolute atomic E-state index is 12.0. The number of fused-ring (bicyclic) bond motifs is 1. The smallest absolute Gasteiger partial charge is 0.254 e. The Bertz CT molecular complexity index is 736. The van der Waals surface area contributed by atoms with Crippen molar-refractivity contribution < 1.29 is 9.53 Å². The second-order valence-electron chi connectivity index (χ2n) is 7.08. The highest BCUT2D eigenvalue weighted by atomic mass is 35.5. The largest absolute Gasteiger partial charge is 0.482 e. The van der Waals surface area contributed by atoms with E-state index in [1.807, 2.05) is 12.1 Å². The third-order valence-electron chi connectivity index (χ3n) is 5.37. The van der Waals surface area contributed by atoms with E-state index in [4.69, 9.17) is 10.5 Å². The van der Waals surface area contributed by atoms with E-state index in [9.17, 15) is 4.79 Å². The minimum Gasteiger partial charge on any atom is -0.482 e. The number of hydrogen-bond acceptors (Lipinski definition) is 3. The fourth-order valence-corrected chi connectivity index (χ4v) is 3.96. The minimum absolute atomic E-state index is 0. The molecule has 2 heterocycles. The zero-order chi connectivity index (χ0) is 17.8. The summed E-state index contributed by atoms with van der Waals surface area (Å²) in [6, 6.07) is 6.13. The first kappa shape index (κ1) is 20.6. The SMILES string of the molecule is CCCCN1CCC(Cc2cccc3[nH]c(OC)c(C(N)=O)c23)CC1.Cl. The number of carbonyl (C=O) groups excluding carboxylic acids is 1. The summed E-state index contributed by atoms with van der Waals surface area (Å²) in [4.78, 5) is 17.7. The number of piperidine rings is 1. The number of rotatable bonds is 7. The number of nitrogens with one attached hydrogen (secondary N) is 1. The highest BCUT2D eigenvalue weighted by molar-refractivity contribution is 6.09. The van der Waals surface area contributed by atoms with Gasteiger partial charge in [-0.2, -0.15) is 0 Å². The van der Waals surface area contributed by atoms with Crippen molar-refractivity contribution in [2.75, 3.05) is 26.7 Å². The Morgan fingerprint density at radius 2 is 2.08 bits per heavy atom. The molecule has 1 saturated heterocycles. The molecule has 0 aliphatic carbocycles. The first-order valence-corrected chi connectivity index (χ1v) is 9.33. The number of primary amides is 1. The lowest BCUT2D eigenvalue weighted by atomic mass is 9.88. The highest BCUT2D eigenvalue weighted by Crippen LogP contribution is 2.33. The Labute approximate surface area is 161 Å². The lowest BCUT2D eigenvalue weighted by molar-refractivity contribution is 0.0999. The van der Waals surface area contributed by atoms with Crippen LogP contribution in [0, 0.1) is 5.92 Å². The van der Waals surface area contributed by atoms with Crippen LogP contribution in [0.25, 0.3) is 10.9 Å². The van der Waals surface area contributed by atoms with Gasteiger partial charge in [0.1, 0.15) is 5.56 Å². The van der Waals surface area contributed by atoms with Gasteiger partial charge in [0.25, 0.3) is 5.91 Å². The van der Waals surface area contributed by atoms with Gasteiger partial charge in [-0.1, -0.05) is 25.5 Å². The molecule has 2 aromatic rings. The Morgan fingerprint density at radius 3 is 2.69 bits per heavy atom. The molecule has 0 spiro atoms. The lowest BCUT2D eigenvalue weighted by Crippen LogP contribution is -2.35. The van der Waals surface area contributed by atoms with Crippen molar-refractivity contribution in [3.05, 3.63) is 29.3 Å². The molecule has 1 aliphatic heterocycles. The number of carbonyl (C=O) groups is 1. The first-order valence-electron chi connectivity index (χ1n) is 9.33. The average molecular weight is 380 g/mol. The fourth-order valence-electron chi connectivity index (χ4n) is 3.96. The molecule has 6 heteroatoms. The molecule has 5 nitrogen and oxygen atoms in total. The van der Waals surface area contributed by atoms with Crippen LogP contribution in [0.4, 0.5) is 0 Å². The summed E-state index contributed by atoms with van der Waals surface area (Å²) in [5.41, 5.74) is 8.21. The first-order chi connectivity index (χ1) is 12.1. The topological polar surface area (TPSA) is 71.3 Å². The number of unbranched alkanes of at least 4 members (excludes halogenated alkanes) is 1. The quantitative estimate of drug-likeness (QED) is 0.769. The monoisotopic (exact) mass is 379 g/mol. The molecule has 144 valence electrons. The van der Waals surface area contributed by atoms with Gasteiger partial charge in [-0.25, -0.2) is 0 Å². The van der Waals surface area contributed by atoms with E-state index < -0.39 is 5.91 Å². The van der Waals surface area contributed by atoms with Crippen LogP contribution < -0.4 is 10.5 Å². The molecular weight excluding hydrogens is 350 g/mol. The Balaban J connectivity index is 0.00000243. The number of H-pyrrole nitrogens is 1. The molecule has 0 unspecified atom stereocenters. The number of halogens is 1. The third-order valence-corrected chi connectivity index (χ3v) is 5.37. The number of amides is 1. The van der Waals surface area contributed by atoms with Crippen LogP contribution in [0.15, 0.2) is 18.2 Å². The van der Waals surface area contributed by atoms with Gasteiger partial charge in [-0.05, 0) is 62.9 Å². The van der Waals surface area contributed by atoms with Crippen molar-refractivity contribution in [3.8, 4) is 5.88 Å². The lowest BCUT2D eigenvalue weighted by Gasteiger charge is -2.32. The van der Waals surface area contributed by atoms with Crippen LogP contribution in [0.2, 0.25) is 0 Å². The van der Waals surface area contributed by atoms with Gasteiger partial charge in [0, 0.05) is 10.9 Å². The van der Waals surface area contributed by atoms with Gasteiger partial charge in [-0.15, -0.1) is 12.4 Å². The summed E-state index contributed by atoms with van der Waals surface area (Å²) >= 11 is 0. The normalized spacial score (nSPS) is 15.8. The standard InChI is InChI=1S/C20H29N3O2.ClH/c1-3-4-10-23-11-8-14(9-12-23)13-15-6-5-7-16-17(15)18(19(21)24)20(22-16)25-2;/h5-7,14,22H,3-4,8-13H2,1-2H3,(H2,21,24);1H. The number of nitrogens with zero attached hydrogens (tertiary/aromatic N) is 1. The summed E-state index contributed by atoms with van der Waals surface area (Å²) in [5, 5.41) is 0.931. The van der Waals surface area contributed by atoms with Crippen molar-refractivity contribution in [2.24, 2.45) is 11.7 Å². The van der Waals surface area contributed by atoms with E-state index in [1.165, 1.54) is 50.9 Å². The number of benzene rings is 1. The van der Waals surface area contributed by atoms with E-state index >= 15 is 0 Å². The number of likely N-dealkylation sites (tertiary alicyclic amines) is 1. The summed E-state index contributed by atoms with van der Waals surface area (Å²) in [6.45, 7) is 5.83. The predicted octanol–water partition coefficient (Wildman–Crippen LogP) is 3.75. The van der Waals surface area contributed by atoms with Crippen molar-refractivity contribution in [1.29, 1.82) is 0 Å². The van der Waals surface area contributed by atoms with Crippen molar-refractivity contribution >= 4 is 29.2 Å². The van der Waals surface area contributed by atoms with Gasteiger partial charge < -0.3 is 20.4 Å². The van der Waals surface area contributed by atoms with Crippen LogP contribution in [-0.4, -0.2) is 42.5 Å². The number of methoxy groups -OCH3 is 1. The van der Waals surface area contributed by atoms with Gasteiger partial charge >= 0.3 is 0 Å². The van der Waals surface area contributed by atoms with Crippen molar-refractivity contribution in [3.63, 3.8) is 0 Å². The van der Waals surface area contributed by atoms with Gasteiger partial charge in [0.05, 0.1) is 7.11 Å². The van der Waals surface area contributed by atoms with Gasteiger partial charge in [0.2, 0.25) is 5.88 Å². The molecule has 1 amide bonds. The molecule has 3 N–H and O–H groups in total. The number of hydrogen-bond donors (Lipinski definition) is 2. The van der Waals surface area contributed by atoms with Crippen LogP contribution in [0.3, 0.4) is 0 Å². The van der Waals surface area contributed by atoms with Gasteiger partial charge in [0.15, 0.2) is 0 Å². The van der Waals surface area contributed by atoms with Crippen molar-refractivity contribution in [2.45, 2.75) is 39.0 Å². The van der Waals surface area contributed by atoms with E-state index in [-0.39, 0.29) is 12.4 Å². The maximum atomic E-state index is 12.0. The molecule has 0 saturated carbocycles. The summed E-state index contributed by atoms with van der Waals surface area (Å²) in [6.07, 6.45) is 5.96. The molecule has 0 radical (unpaired) electrons. The Hall–Kier alpha value is -1.72. The number of aromatic amines is 1. The zero-order valence-corrected chi connectivity index (χ0v) is 16.5. The maximum Gasteiger partial charge on any atom is 0.254 e. The van der Waals surface area contributed by atoms with Gasteiger partial charge in [-0.3, -0.25) is 4.79 Å². The molecule has 0 atom stereocenters. The number of ether oxygens (including phenoxy) is 1. The molecule has 1 aliphatic rings. The molecule has 1 fully saturated rings. The van der Waals surface area contributed by atoms with Crippen LogP contribution in [0.5, 0.6) is 5.88 Å². The number of nitrogens with two attached hydrogens (primary N) is 1. The molecule has 1 aromatic heterocycles. The summed E-state index contributed by atoms with van der Waals surface area (Å²) < 4.78 is 5.33. The Morgan fingerprint density at radius 1 is 1.35 bits per heavy atom. The molecule has 0 bridgehead atoms. The van der Waals surface area contributed by atoms with E-state index in [2.05, 4.69) is 22.9 Å². The Kier molecular flexibility index (Phi) is 7.35. The molecule has 1 aromatic carbocycles. The predicted molar refractivity (Wildman–Crippen MR) is 108 cm³/mol.